The maximum Gasteiger partial charge on any atom is 0.265 e. The van der Waals surface area contributed by atoms with E-state index in [0.29, 0.717) is 11.3 Å². The number of carbonyl (C=O) groups is 2. The first-order chi connectivity index (χ1) is 11.4. The molecule has 1 heterocycles. The van der Waals surface area contributed by atoms with Crippen LogP contribution < -0.4 is 14.8 Å². The average Bonchev–Trinajstić information content (AvgIpc) is 2.54. The number of sulfonamides is 1. The van der Waals surface area contributed by atoms with Crippen molar-refractivity contribution in [3.8, 4) is 5.75 Å². The summed E-state index contributed by atoms with van der Waals surface area (Å²) in [5.41, 5.74) is 1.18. The van der Waals surface area contributed by atoms with E-state index in [2.05, 4.69) is 5.32 Å². The van der Waals surface area contributed by atoms with E-state index in [1.54, 1.807) is 31.2 Å². The van der Waals surface area contributed by atoms with Gasteiger partial charge in [0.15, 0.2) is 6.61 Å². The Balaban J connectivity index is 1.89. The van der Waals surface area contributed by atoms with Gasteiger partial charge in [0.25, 0.3) is 21.8 Å². The van der Waals surface area contributed by atoms with Crippen molar-refractivity contribution in [3.63, 3.8) is 0 Å². The molecule has 0 atom stereocenters. The Morgan fingerprint density at radius 3 is 2.71 bits per heavy atom. The van der Waals surface area contributed by atoms with Crippen LogP contribution in [0.2, 0.25) is 0 Å². The SMILES string of the molecule is Cc1ccccc1C(=O)NS(=O)(=O)c1ccc2c(c1)NC(=O)CO2. The fourth-order valence-electron chi connectivity index (χ4n) is 2.29. The van der Waals surface area contributed by atoms with Gasteiger partial charge in [-0.1, -0.05) is 18.2 Å². The number of benzene rings is 2. The number of amides is 2. The second-order valence-corrected chi connectivity index (χ2v) is 6.93. The third-order valence-corrected chi connectivity index (χ3v) is 4.84. The van der Waals surface area contributed by atoms with E-state index >= 15 is 0 Å². The molecular weight excluding hydrogens is 332 g/mol. The van der Waals surface area contributed by atoms with E-state index in [1.165, 1.54) is 18.2 Å². The van der Waals surface area contributed by atoms with Gasteiger partial charge in [-0.05, 0) is 36.8 Å². The highest BCUT2D eigenvalue weighted by atomic mass is 32.2. The molecule has 24 heavy (non-hydrogen) atoms. The van der Waals surface area contributed by atoms with Crippen LogP contribution in [0.15, 0.2) is 47.4 Å². The minimum absolute atomic E-state index is 0.122. The lowest BCUT2D eigenvalue weighted by molar-refractivity contribution is -0.118. The fraction of sp³-hybridized carbons (Fsp3) is 0.125. The fourth-order valence-corrected chi connectivity index (χ4v) is 3.29. The van der Waals surface area contributed by atoms with Crippen molar-refractivity contribution in [2.75, 3.05) is 11.9 Å². The monoisotopic (exact) mass is 346 g/mol. The van der Waals surface area contributed by atoms with E-state index in [0.717, 1.165) is 0 Å². The summed E-state index contributed by atoms with van der Waals surface area (Å²) in [4.78, 5) is 23.4. The lowest BCUT2D eigenvalue weighted by Crippen LogP contribution is -2.31. The van der Waals surface area contributed by atoms with E-state index in [1.807, 2.05) is 4.72 Å². The summed E-state index contributed by atoms with van der Waals surface area (Å²) in [6, 6.07) is 10.7. The molecule has 0 unspecified atom stereocenters. The quantitative estimate of drug-likeness (QED) is 0.876. The first-order valence-electron chi connectivity index (χ1n) is 7.06. The molecule has 1 aliphatic rings. The number of ether oxygens (including phenoxy) is 1. The van der Waals surface area contributed by atoms with Crippen molar-refractivity contribution >= 4 is 27.5 Å². The Hall–Kier alpha value is -2.87. The van der Waals surface area contributed by atoms with Gasteiger partial charge < -0.3 is 10.1 Å². The Morgan fingerprint density at radius 1 is 1.21 bits per heavy atom. The van der Waals surface area contributed by atoms with Gasteiger partial charge in [0, 0.05) is 5.56 Å². The van der Waals surface area contributed by atoms with Crippen molar-refractivity contribution in [1.29, 1.82) is 0 Å². The molecule has 124 valence electrons. The Bertz CT molecular complexity index is 937. The van der Waals surface area contributed by atoms with Gasteiger partial charge in [0.2, 0.25) is 0 Å². The molecule has 0 saturated carbocycles. The van der Waals surface area contributed by atoms with Crippen LogP contribution in [-0.2, 0) is 14.8 Å². The van der Waals surface area contributed by atoms with Gasteiger partial charge in [0.05, 0.1) is 10.6 Å². The second kappa shape index (κ2) is 5.97. The molecule has 7 nitrogen and oxygen atoms in total. The Labute approximate surface area is 138 Å². The highest BCUT2D eigenvalue weighted by Crippen LogP contribution is 2.30. The first-order valence-corrected chi connectivity index (χ1v) is 8.54. The van der Waals surface area contributed by atoms with Crippen molar-refractivity contribution in [3.05, 3.63) is 53.6 Å². The average molecular weight is 346 g/mol. The maximum atomic E-state index is 12.4. The van der Waals surface area contributed by atoms with Gasteiger partial charge in [0.1, 0.15) is 5.75 Å². The predicted octanol–water partition coefficient (Wildman–Crippen LogP) is 1.44. The summed E-state index contributed by atoms with van der Waals surface area (Å²) in [7, 11) is -4.08. The van der Waals surface area contributed by atoms with E-state index in [-0.39, 0.29) is 28.7 Å². The number of fused-ring (bicyclic) bond motifs is 1. The molecule has 3 rings (SSSR count). The summed E-state index contributed by atoms with van der Waals surface area (Å²) < 4.78 is 32.0. The van der Waals surface area contributed by atoms with Gasteiger partial charge >= 0.3 is 0 Å². The van der Waals surface area contributed by atoms with E-state index in [9.17, 15) is 18.0 Å². The molecule has 0 bridgehead atoms. The standard InChI is InChI=1S/C16H14N2O5S/c1-10-4-2-3-5-12(10)16(20)18-24(21,22)11-6-7-14-13(8-11)17-15(19)9-23-14/h2-8H,9H2,1H3,(H,17,19)(H,18,20). The molecule has 2 N–H and O–H groups in total. The Morgan fingerprint density at radius 2 is 1.96 bits per heavy atom. The largest absolute Gasteiger partial charge is 0.482 e. The van der Waals surface area contributed by atoms with E-state index in [4.69, 9.17) is 4.74 Å². The predicted molar refractivity (Wildman–Crippen MR) is 86.4 cm³/mol. The van der Waals surface area contributed by atoms with Crippen LogP contribution in [0, 0.1) is 6.92 Å². The summed E-state index contributed by atoms with van der Waals surface area (Å²) >= 11 is 0. The highest BCUT2D eigenvalue weighted by Gasteiger charge is 2.23. The first kappa shape index (κ1) is 16.0. The molecule has 2 amide bonds. The smallest absolute Gasteiger partial charge is 0.265 e. The van der Waals surface area contributed by atoms with Gasteiger partial charge in [-0.2, -0.15) is 0 Å². The van der Waals surface area contributed by atoms with Crippen molar-refractivity contribution in [2.24, 2.45) is 0 Å². The van der Waals surface area contributed by atoms with Crippen LogP contribution in [-0.4, -0.2) is 26.8 Å². The Kier molecular flexibility index (Phi) is 3.98. The minimum Gasteiger partial charge on any atom is -0.482 e. The van der Waals surface area contributed by atoms with Crippen LogP contribution in [0.4, 0.5) is 5.69 Å². The summed E-state index contributed by atoms with van der Waals surface area (Å²) in [5, 5.41) is 2.53. The highest BCUT2D eigenvalue weighted by molar-refractivity contribution is 7.90. The normalized spacial score (nSPS) is 13.5. The molecule has 0 aliphatic carbocycles. The molecule has 8 heteroatoms. The number of anilines is 1. The van der Waals surface area contributed by atoms with Crippen LogP contribution in [0.1, 0.15) is 15.9 Å². The van der Waals surface area contributed by atoms with Crippen LogP contribution in [0.25, 0.3) is 0 Å². The third-order valence-electron chi connectivity index (χ3n) is 3.51. The van der Waals surface area contributed by atoms with Gasteiger partial charge in [-0.3, -0.25) is 9.59 Å². The number of hydrogen-bond acceptors (Lipinski definition) is 5. The van der Waals surface area contributed by atoms with E-state index < -0.39 is 15.9 Å². The van der Waals surface area contributed by atoms with Crippen LogP contribution in [0.3, 0.4) is 0 Å². The lowest BCUT2D eigenvalue weighted by atomic mass is 10.1. The number of carbonyl (C=O) groups excluding carboxylic acids is 2. The van der Waals surface area contributed by atoms with Crippen LogP contribution >= 0.6 is 0 Å². The number of aryl methyl sites for hydroxylation is 1. The number of rotatable bonds is 3. The summed E-state index contributed by atoms with van der Waals surface area (Å²) in [6.07, 6.45) is 0. The maximum absolute atomic E-state index is 12.4. The second-order valence-electron chi connectivity index (χ2n) is 5.24. The summed E-state index contributed by atoms with van der Waals surface area (Å²) in [5.74, 6) is -0.717. The van der Waals surface area contributed by atoms with Crippen molar-refractivity contribution in [1.82, 2.24) is 4.72 Å². The molecule has 2 aromatic rings. The van der Waals surface area contributed by atoms with Crippen LogP contribution in [0.5, 0.6) is 5.75 Å². The molecule has 0 saturated heterocycles. The number of nitrogens with one attached hydrogen (secondary N) is 2. The zero-order valence-corrected chi connectivity index (χ0v) is 13.5. The topological polar surface area (TPSA) is 102 Å². The summed E-state index contributed by atoms with van der Waals surface area (Å²) in [6.45, 7) is 1.59. The van der Waals surface area contributed by atoms with Gasteiger partial charge in [-0.15, -0.1) is 0 Å². The molecule has 1 aliphatic heterocycles. The molecular formula is C16H14N2O5S. The zero-order chi connectivity index (χ0) is 17.3. The minimum atomic E-state index is -4.08. The van der Waals surface area contributed by atoms with Crippen molar-refractivity contribution in [2.45, 2.75) is 11.8 Å². The molecule has 0 fully saturated rings. The third kappa shape index (κ3) is 3.09. The zero-order valence-electron chi connectivity index (χ0n) is 12.7. The molecule has 0 spiro atoms. The molecule has 0 aromatic heterocycles. The molecule has 0 radical (unpaired) electrons. The lowest BCUT2D eigenvalue weighted by Gasteiger charge is -2.18. The van der Waals surface area contributed by atoms with Crippen molar-refractivity contribution < 1.29 is 22.7 Å². The molecule has 2 aromatic carbocycles. The van der Waals surface area contributed by atoms with Gasteiger partial charge in [-0.25, -0.2) is 13.1 Å². The number of hydrogen-bond donors (Lipinski definition) is 2.